The van der Waals surface area contributed by atoms with Gasteiger partial charge in [-0.05, 0) is 31.2 Å². The summed E-state index contributed by atoms with van der Waals surface area (Å²) in [5.41, 5.74) is 3.27. The van der Waals surface area contributed by atoms with Crippen LogP contribution >= 0.6 is 34.5 Å². The fraction of sp³-hybridized carbons (Fsp3) is 0.0625. The van der Waals surface area contributed by atoms with Gasteiger partial charge in [0.1, 0.15) is 5.82 Å². The summed E-state index contributed by atoms with van der Waals surface area (Å²) in [6, 6.07) is 10.7. The molecule has 0 unspecified atom stereocenters. The maximum atomic E-state index is 13.6. The van der Waals surface area contributed by atoms with Gasteiger partial charge in [-0.2, -0.15) is 0 Å². The highest BCUT2D eigenvalue weighted by Crippen LogP contribution is 2.34. The maximum absolute atomic E-state index is 13.6. The Bertz CT molecular complexity index is 816. The van der Waals surface area contributed by atoms with Crippen molar-refractivity contribution in [3.05, 3.63) is 63.2 Å². The summed E-state index contributed by atoms with van der Waals surface area (Å²) >= 11 is 13.3. The summed E-state index contributed by atoms with van der Waals surface area (Å²) in [6.07, 6.45) is 0. The predicted molar refractivity (Wildman–Crippen MR) is 92.0 cm³/mol. The third kappa shape index (κ3) is 3.24. The molecule has 1 heterocycles. The normalized spacial score (nSPS) is 10.7. The van der Waals surface area contributed by atoms with Crippen LogP contribution < -0.4 is 5.32 Å². The van der Waals surface area contributed by atoms with Crippen molar-refractivity contribution >= 4 is 45.4 Å². The molecule has 0 aliphatic rings. The minimum atomic E-state index is -0.512. The van der Waals surface area contributed by atoms with E-state index in [-0.39, 0.29) is 5.02 Å². The van der Waals surface area contributed by atoms with Gasteiger partial charge in [0.15, 0.2) is 5.13 Å². The second kappa shape index (κ2) is 6.24. The Hall–Kier alpha value is -1.62. The monoisotopic (exact) mass is 352 g/mol. The molecular formula is C16H11Cl2FN2S. The van der Waals surface area contributed by atoms with Crippen LogP contribution in [0.15, 0.2) is 41.8 Å². The first kappa shape index (κ1) is 15.3. The minimum absolute atomic E-state index is 0.00184. The van der Waals surface area contributed by atoms with Crippen LogP contribution in [0.5, 0.6) is 0 Å². The van der Waals surface area contributed by atoms with Crippen LogP contribution in [0.4, 0.5) is 15.2 Å². The van der Waals surface area contributed by atoms with Gasteiger partial charge >= 0.3 is 0 Å². The van der Waals surface area contributed by atoms with Crippen molar-refractivity contribution in [2.75, 3.05) is 5.32 Å². The van der Waals surface area contributed by atoms with Crippen molar-refractivity contribution in [1.82, 2.24) is 4.98 Å². The molecule has 0 amide bonds. The lowest BCUT2D eigenvalue weighted by atomic mass is 10.2. The molecule has 1 aromatic heterocycles. The quantitative estimate of drug-likeness (QED) is 0.558. The number of anilines is 2. The molecule has 0 bridgehead atoms. The molecule has 1 N–H and O–H groups in total. The molecular weight excluding hydrogens is 342 g/mol. The Morgan fingerprint density at radius 2 is 1.82 bits per heavy atom. The smallest absolute Gasteiger partial charge is 0.187 e. The van der Waals surface area contributed by atoms with E-state index in [1.54, 1.807) is 0 Å². The number of hydrogen-bond donors (Lipinski definition) is 1. The first-order chi connectivity index (χ1) is 10.5. The molecule has 112 valence electrons. The molecule has 22 heavy (non-hydrogen) atoms. The topological polar surface area (TPSA) is 24.9 Å². The highest BCUT2D eigenvalue weighted by molar-refractivity contribution is 7.14. The van der Waals surface area contributed by atoms with Crippen molar-refractivity contribution in [3.8, 4) is 11.3 Å². The van der Waals surface area contributed by atoms with Crippen LogP contribution in [0.1, 0.15) is 5.56 Å². The van der Waals surface area contributed by atoms with Gasteiger partial charge < -0.3 is 5.32 Å². The van der Waals surface area contributed by atoms with E-state index in [4.69, 9.17) is 23.2 Å². The first-order valence-corrected chi connectivity index (χ1v) is 8.10. The summed E-state index contributed by atoms with van der Waals surface area (Å²) in [5.74, 6) is -0.512. The van der Waals surface area contributed by atoms with Gasteiger partial charge in [0.2, 0.25) is 0 Å². The lowest BCUT2D eigenvalue weighted by Crippen LogP contribution is -1.90. The summed E-state index contributed by atoms with van der Waals surface area (Å²) in [5, 5.41) is 6.12. The number of thiazole rings is 1. The van der Waals surface area contributed by atoms with E-state index < -0.39 is 5.82 Å². The van der Waals surface area contributed by atoms with E-state index in [0.29, 0.717) is 21.4 Å². The highest BCUT2D eigenvalue weighted by Gasteiger charge is 2.12. The van der Waals surface area contributed by atoms with Crippen molar-refractivity contribution < 1.29 is 4.39 Å². The molecule has 2 aromatic carbocycles. The molecule has 0 aliphatic carbocycles. The van der Waals surface area contributed by atoms with Gasteiger partial charge in [0.05, 0.1) is 15.7 Å². The summed E-state index contributed by atoms with van der Waals surface area (Å²) in [4.78, 5) is 4.44. The summed E-state index contributed by atoms with van der Waals surface area (Å²) in [6.45, 7) is 2.03. The number of benzene rings is 2. The third-order valence-corrected chi connectivity index (χ3v) is 4.45. The van der Waals surface area contributed by atoms with Crippen LogP contribution in [-0.4, -0.2) is 4.98 Å². The van der Waals surface area contributed by atoms with Crippen LogP contribution in [0.25, 0.3) is 11.3 Å². The molecule has 6 heteroatoms. The van der Waals surface area contributed by atoms with Crippen molar-refractivity contribution in [2.45, 2.75) is 6.92 Å². The molecule has 0 fully saturated rings. The van der Waals surface area contributed by atoms with Crippen LogP contribution in [-0.2, 0) is 0 Å². The molecule has 0 aliphatic heterocycles. The van der Waals surface area contributed by atoms with E-state index in [0.717, 1.165) is 5.69 Å². The van der Waals surface area contributed by atoms with Gasteiger partial charge in [-0.3, -0.25) is 0 Å². The maximum Gasteiger partial charge on any atom is 0.187 e. The Morgan fingerprint density at radius 3 is 2.55 bits per heavy atom. The summed E-state index contributed by atoms with van der Waals surface area (Å²) in [7, 11) is 0. The van der Waals surface area contributed by atoms with E-state index in [1.807, 2.05) is 36.6 Å². The van der Waals surface area contributed by atoms with E-state index >= 15 is 0 Å². The largest absolute Gasteiger partial charge is 0.332 e. The molecule has 0 atom stereocenters. The second-order valence-electron chi connectivity index (χ2n) is 4.78. The molecule has 2 nitrogen and oxygen atoms in total. The van der Waals surface area contributed by atoms with Crippen molar-refractivity contribution in [2.24, 2.45) is 0 Å². The van der Waals surface area contributed by atoms with E-state index in [1.165, 1.54) is 29.0 Å². The lowest BCUT2D eigenvalue weighted by Gasteiger charge is -2.04. The zero-order valence-electron chi connectivity index (χ0n) is 11.5. The number of aryl methyl sites for hydroxylation is 1. The Balaban J connectivity index is 1.87. The average Bonchev–Trinajstić information content (AvgIpc) is 2.93. The third-order valence-electron chi connectivity index (χ3n) is 3.09. The second-order valence-corrected chi connectivity index (χ2v) is 6.45. The molecule has 0 saturated heterocycles. The summed E-state index contributed by atoms with van der Waals surface area (Å²) < 4.78 is 13.6. The highest BCUT2D eigenvalue weighted by atomic mass is 35.5. The zero-order chi connectivity index (χ0) is 15.7. The fourth-order valence-electron chi connectivity index (χ4n) is 1.93. The van der Waals surface area contributed by atoms with Gasteiger partial charge in [-0.25, -0.2) is 9.37 Å². The Morgan fingerprint density at radius 1 is 1.09 bits per heavy atom. The predicted octanol–water partition coefficient (Wildman–Crippen LogP) is 6.31. The lowest BCUT2D eigenvalue weighted by molar-refractivity contribution is 0.629. The fourth-order valence-corrected chi connectivity index (χ4v) is 3.14. The van der Waals surface area contributed by atoms with E-state index in [2.05, 4.69) is 10.3 Å². The Labute approximate surface area is 141 Å². The SMILES string of the molecule is Cc1ccc(Nc2nc(-c3cc(F)c(Cl)cc3Cl)cs2)cc1. The number of rotatable bonds is 3. The zero-order valence-corrected chi connectivity index (χ0v) is 13.9. The van der Waals surface area contributed by atoms with Crippen molar-refractivity contribution in [1.29, 1.82) is 0 Å². The number of aromatic nitrogens is 1. The molecule has 0 saturated carbocycles. The molecule has 3 rings (SSSR count). The van der Waals surface area contributed by atoms with Crippen LogP contribution in [0.3, 0.4) is 0 Å². The molecule has 0 radical (unpaired) electrons. The molecule has 3 aromatic rings. The van der Waals surface area contributed by atoms with Gasteiger partial charge in [-0.15, -0.1) is 11.3 Å². The minimum Gasteiger partial charge on any atom is -0.332 e. The first-order valence-electron chi connectivity index (χ1n) is 6.47. The van der Waals surface area contributed by atoms with E-state index in [9.17, 15) is 4.39 Å². The standard InChI is InChI=1S/C16H11Cl2FN2S/c1-9-2-4-10(5-3-9)20-16-21-15(8-22-16)11-6-14(19)13(18)7-12(11)17/h2-8H,1H3,(H,20,21). The van der Waals surface area contributed by atoms with Gasteiger partial charge in [-0.1, -0.05) is 40.9 Å². The van der Waals surface area contributed by atoms with Gasteiger partial charge in [0.25, 0.3) is 0 Å². The number of nitrogens with zero attached hydrogens (tertiary/aromatic N) is 1. The Kier molecular flexibility index (Phi) is 4.34. The molecule has 0 spiro atoms. The average molecular weight is 353 g/mol. The number of halogens is 3. The van der Waals surface area contributed by atoms with Crippen LogP contribution in [0.2, 0.25) is 10.0 Å². The van der Waals surface area contributed by atoms with Crippen molar-refractivity contribution in [3.63, 3.8) is 0 Å². The van der Waals surface area contributed by atoms with Crippen LogP contribution in [0, 0.1) is 12.7 Å². The number of hydrogen-bond acceptors (Lipinski definition) is 3. The number of nitrogens with one attached hydrogen (secondary N) is 1. The van der Waals surface area contributed by atoms with Gasteiger partial charge in [0, 0.05) is 16.6 Å².